The Kier molecular flexibility index (Phi) is 3.14. The molecule has 0 saturated heterocycles. The Morgan fingerprint density at radius 3 is 3.00 bits per heavy atom. The molecule has 0 aromatic carbocycles. The maximum absolute atomic E-state index is 11.4. The quantitative estimate of drug-likeness (QED) is 0.760. The molecule has 2 heterocycles. The summed E-state index contributed by atoms with van der Waals surface area (Å²) in [6, 6.07) is 0. The molecule has 2 rings (SSSR count). The van der Waals surface area contributed by atoms with Gasteiger partial charge in [0.05, 0.1) is 6.54 Å². The van der Waals surface area contributed by atoms with Gasteiger partial charge >= 0.3 is 11.9 Å². The van der Waals surface area contributed by atoms with E-state index in [0.717, 1.165) is 0 Å². The van der Waals surface area contributed by atoms with E-state index in [1.807, 2.05) is 0 Å². The van der Waals surface area contributed by atoms with Crippen LogP contribution in [0.2, 0.25) is 0 Å². The Balaban J connectivity index is 2.12. The van der Waals surface area contributed by atoms with Crippen LogP contribution in [-0.4, -0.2) is 37.4 Å². The molecule has 0 spiro atoms. The van der Waals surface area contributed by atoms with E-state index in [1.165, 1.54) is 18.7 Å². The van der Waals surface area contributed by atoms with Gasteiger partial charge in [-0.3, -0.25) is 4.79 Å². The van der Waals surface area contributed by atoms with Gasteiger partial charge in [-0.15, -0.1) is 0 Å². The first-order chi connectivity index (χ1) is 8.49. The van der Waals surface area contributed by atoms with Gasteiger partial charge in [0.1, 0.15) is 12.7 Å². The zero-order valence-corrected chi connectivity index (χ0v) is 9.87. The predicted molar refractivity (Wildman–Crippen MR) is 59.5 cm³/mol. The Morgan fingerprint density at radius 2 is 2.39 bits per heavy atom. The summed E-state index contributed by atoms with van der Waals surface area (Å²) < 4.78 is 6.80. The van der Waals surface area contributed by atoms with Crippen LogP contribution in [0.1, 0.15) is 19.8 Å². The third-order valence-corrected chi connectivity index (χ3v) is 2.84. The molecule has 7 heteroatoms. The van der Waals surface area contributed by atoms with Gasteiger partial charge in [-0.2, -0.15) is 5.10 Å². The molecule has 0 saturated carbocycles. The summed E-state index contributed by atoms with van der Waals surface area (Å²) in [5, 5.41) is 12.6. The third kappa shape index (κ3) is 2.55. The Morgan fingerprint density at radius 1 is 1.61 bits per heavy atom. The van der Waals surface area contributed by atoms with E-state index < -0.39 is 17.5 Å². The molecule has 0 fully saturated rings. The fraction of sp³-hybridized carbons (Fsp3) is 0.455. The topological polar surface area (TPSA) is 94.3 Å². The smallest absolute Gasteiger partial charge is 0.331 e. The molecule has 0 amide bonds. The number of carboxylic acid groups (broad SMARTS) is 1. The van der Waals surface area contributed by atoms with Crippen molar-refractivity contribution < 1.29 is 19.4 Å². The number of rotatable bonds is 5. The number of carbonyl (C=O) groups excluding carboxylic acids is 1. The molecule has 1 aromatic rings. The Labute approximate surface area is 103 Å². The van der Waals surface area contributed by atoms with E-state index in [2.05, 4.69) is 10.1 Å². The minimum absolute atomic E-state index is 0.0323. The summed E-state index contributed by atoms with van der Waals surface area (Å²) in [7, 11) is 0. The highest BCUT2D eigenvalue weighted by Gasteiger charge is 2.39. The number of hydrogen-bond acceptors (Lipinski definition) is 5. The van der Waals surface area contributed by atoms with Crippen LogP contribution in [0, 0.1) is 0 Å². The number of esters is 1. The largest absolute Gasteiger partial charge is 0.481 e. The van der Waals surface area contributed by atoms with Crippen LogP contribution in [-0.2, 0) is 20.9 Å². The molecule has 1 aliphatic rings. The molecular weight excluding hydrogens is 238 g/mol. The van der Waals surface area contributed by atoms with Crippen LogP contribution in [0.25, 0.3) is 0 Å². The first-order valence-corrected chi connectivity index (χ1v) is 5.48. The van der Waals surface area contributed by atoms with Crippen molar-refractivity contribution in [3.8, 4) is 0 Å². The standard InChI is InChI=1S/C11H13N3O4/c1-11(5-14-7-12-6-13-14)8(2-3-9(15)16)4-10(17)18-11/h4,6-7H,2-3,5H2,1H3,(H,15,16). The molecule has 1 N–H and O–H groups in total. The average molecular weight is 251 g/mol. The van der Waals surface area contributed by atoms with E-state index in [9.17, 15) is 9.59 Å². The number of carboxylic acids is 1. The lowest BCUT2D eigenvalue weighted by atomic mass is 9.93. The normalized spacial score (nSPS) is 22.7. The molecule has 7 nitrogen and oxygen atoms in total. The zero-order valence-electron chi connectivity index (χ0n) is 9.87. The van der Waals surface area contributed by atoms with Gasteiger partial charge in [-0.25, -0.2) is 14.5 Å². The van der Waals surface area contributed by atoms with Gasteiger partial charge in [-0.1, -0.05) is 0 Å². The minimum atomic E-state index is -0.904. The zero-order chi connectivity index (χ0) is 13.2. The predicted octanol–water partition coefficient (Wildman–Crippen LogP) is 0.385. The van der Waals surface area contributed by atoms with Crippen molar-refractivity contribution in [2.75, 3.05) is 0 Å². The summed E-state index contributed by atoms with van der Waals surface area (Å²) in [6.07, 6.45) is 4.52. The first kappa shape index (κ1) is 12.3. The molecule has 1 unspecified atom stereocenters. The molecular formula is C11H13N3O4. The van der Waals surface area contributed by atoms with Crippen molar-refractivity contribution in [2.24, 2.45) is 0 Å². The van der Waals surface area contributed by atoms with E-state index in [1.54, 1.807) is 11.6 Å². The Hall–Kier alpha value is -2.18. The fourth-order valence-corrected chi connectivity index (χ4v) is 1.95. The lowest BCUT2D eigenvalue weighted by molar-refractivity contribution is -0.145. The lowest BCUT2D eigenvalue weighted by Crippen LogP contribution is -2.34. The molecule has 96 valence electrons. The maximum Gasteiger partial charge on any atom is 0.331 e. The molecule has 0 bridgehead atoms. The highest BCUT2D eigenvalue weighted by molar-refractivity contribution is 5.86. The maximum atomic E-state index is 11.4. The van der Waals surface area contributed by atoms with Crippen LogP contribution in [0.15, 0.2) is 24.3 Å². The lowest BCUT2D eigenvalue weighted by Gasteiger charge is -2.26. The highest BCUT2D eigenvalue weighted by atomic mass is 16.6. The molecule has 18 heavy (non-hydrogen) atoms. The molecule has 0 radical (unpaired) electrons. The summed E-state index contributed by atoms with van der Waals surface area (Å²) >= 11 is 0. The van der Waals surface area contributed by atoms with Crippen molar-refractivity contribution in [1.29, 1.82) is 0 Å². The van der Waals surface area contributed by atoms with Crippen molar-refractivity contribution in [2.45, 2.75) is 31.9 Å². The van der Waals surface area contributed by atoms with Gasteiger partial charge in [0.2, 0.25) is 0 Å². The summed E-state index contributed by atoms with van der Waals surface area (Å²) in [5.74, 6) is -1.35. The number of ether oxygens (including phenoxy) is 1. The van der Waals surface area contributed by atoms with Crippen LogP contribution >= 0.6 is 0 Å². The number of nitrogens with zero attached hydrogens (tertiary/aromatic N) is 3. The van der Waals surface area contributed by atoms with Crippen LogP contribution < -0.4 is 0 Å². The number of hydrogen-bond donors (Lipinski definition) is 1. The molecule has 0 aliphatic carbocycles. The fourth-order valence-electron chi connectivity index (χ4n) is 1.95. The van der Waals surface area contributed by atoms with Gasteiger partial charge in [0, 0.05) is 12.5 Å². The van der Waals surface area contributed by atoms with Crippen molar-refractivity contribution in [3.05, 3.63) is 24.3 Å². The van der Waals surface area contributed by atoms with Gasteiger partial charge in [0.15, 0.2) is 5.60 Å². The van der Waals surface area contributed by atoms with Gasteiger partial charge in [-0.05, 0) is 18.9 Å². The average Bonchev–Trinajstić information content (AvgIpc) is 2.84. The van der Waals surface area contributed by atoms with E-state index in [4.69, 9.17) is 9.84 Å². The van der Waals surface area contributed by atoms with Crippen molar-refractivity contribution in [1.82, 2.24) is 14.8 Å². The van der Waals surface area contributed by atoms with E-state index in [-0.39, 0.29) is 12.8 Å². The minimum Gasteiger partial charge on any atom is -0.481 e. The SMILES string of the molecule is CC1(Cn2cncn2)OC(=O)C=C1CCC(=O)O. The summed E-state index contributed by atoms with van der Waals surface area (Å²) in [5.41, 5.74) is -0.175. The van der Waals surface area contributed by atoms with Crippen molar-refractivity contribution in [3.63, 3.8) is 0 Å². The highest BCUT2D eigenvalue weighted by Crippen LogP contribution is 2.32. The van der Waals surface area contributed by atoms with Gasteiger partial charge in [0.25, 0.3) is 0 Å². The van der Waals surface area contributed by atoms with Crippen molar-refractivity contribution >= 4 is 11.9 Å². The molecule has 1 aliphatic heterocycles. The second-order valence-corrected chi connectivity index (χ2v) is 4.31. The number of aromatic nitrogens is 3. The third-order valence-electron chi connectivity index (χ3n) is 2.84. The molecule has 1 atom stereocenters. The number of cyclic esters (lactones) is 1. The molecule has 1 aromatic heterocycles. The summed E-state index contributed by atoms with van der Waals surface area (Å²) in [6.45, 7) is 2.07. The Bertz CT molecular complexity index is 494. The van der Waals surface area contributed by atoms with E-state index in [0.29, 0.717) is 12.1 Å². The second-order valence-electron chi connectivity index (χ2n) is 4.31. The number of carbonyl (C=O) groups is 2. The van der Waals surface area contributed by atoms with Crippen LogP contribution in [0.4, 0.5) is 0 Å². The van der Waals surface area contributed by atoms with E-state index >= 15 is 0 Å². The van der Waals surface area contributed by atoms with Crippen LogP contribution in [0.3, 0.4) is 0 Å². The second kappa shape index (κ2) is 4.59. The summed E-state index contributed by atoms with van der Waals surface area (Å²) in [4.78, 5) is 25.7. The van der Waals surface area contributed by atoms with Gasteiger partial charge < -0.3 is 9.84 Å². The number of aliphatic carboxylic acids is 1. The monoisotopic (exact) mass is 251 g/mol. The van der Waals surface area contributed by atoms with Crippen LogP contribution in [0.5, 0.6) is 0 Å². The first-order valence-electron chi connectivity index (χ1n) is 5.48.